The first-order valence-corrected chi connectivity index (χ1v) is 8.49. The molecule has 27 heavy (non-hydrogen) atoms. The van der Waals surface area contributed by atoms with Crippen molar-refractivity contribution in [2.75, 3.05) is 12.4 Å². The van der Waals surface area contributed by atoms with Crippen molar-refractivity contribution in [1.82, 2.24) is 24.7 Å². The van der Waals surface area contributed by atoms with E-state index >= 15 is 0 Å². The number of nitrogens with one attached hydrogen (secondary N) is 1. The molecule has 2 aromatic heterocycles. The standard InChI is InChI=1S/C18H20N6O3/c1-4-12(2)19-16-20-17(26-3)22-18(21-16)27-14-10-11-15(25)24(23-14)13-8-6-5-7-9-13/h5-12H,4H2,1-3H3,(H,19,20,21,22). The Morgan fingerprint density at radius 1 is 1.07 bits per heavy atom. The Kier molecular flexibility index (Phi) is 5.60. The molecule has 0 fully saturated rings. The maximum absolute atomic E-state index is 12.1. The van der Waals surface area contributed by atoms with Gasteiger partial charge in [0.25, 0.3) is 5.56 Å². The predicted molar refractivity (Wildman–Crippen MR) is 99.7 cm³/mol. The van der Waals surface area contributed by atoms with Crippen molar-refractivity contribution in [3.63, 3.8) is 0 Å². The van der Waals surface area contributed by atoms with Crippen LogP contribution in [0.1, 0.15) is 20.3 Å². The number of nitrogens with zero attached hydrogens (tertiary/aromatic N) is 5. The van der Waals surface area contributed by atoms with E-state index in [4.69, 9.17) is 9.47 Å². The molecule has 1 atom stereocenters. The number of benzene rings is 1. The zero-order chi connectivity index (χ0) is 19.2. The van der Waals surface area contributed by atoms with Crippen LogP contribution in [0.2, 0.25) is 0 Å². The van der Waals surface area contributed by atoms with Gasteiger partial charge in [0.05, 0.1) is 12.8 Å². The number of methoxy groups -OCH3 is 1. The molecular weight excluding hydrogens is 348 g/mol. The average molecular weight is 368 g/mol. The third-order valence-electron chi connectivity index (χ3n) is 3.74. The van der Waals surface area contributed by atoms with E-state index in [1.807, 2.05) is 32.0 Å². The van der Waals surface area contributed by atoms with Crippen LogP contribution in [-0.2, 0) is 0 Å². The van der Waals surface area contributed by atoms with Crippen molar-refractivity contribution in [2.24, 2.45) is 0 Å². The van der Waals surface area contributed by atoms with Crippen molar-refractivity contribution in [3.05, 3.63) is 52.8 Å². The lowest BCUT2D eigenvalue weighted by molar-refractivity contribution is 0.354. The summed E-state index contributed by atoms with van der Waals surface area (Å²) in [6.45, 7) is 4.05. The number of hydrogen-bond donors (Lipinski definition) is 1. The van der Waals surface area contributed by atoms with E-state index in [1.54, 1.807) is 12.1 Å². The van der Waals surface area contributed by atoms with Gasteiger partial charge >= 0.3 is 12.0 Å². The van der Waals surface area contributed by atoms with Crippen molar-refractivity contribution < 1.29 is 9.47 Å². The average Bonchev–Trinajstić information content (AvgIpc) is 2.69. The number of rotatable bonds is 7. The fraction of sp³-hybridized carbons (Fsp3) is 0.278. The monoisotopic (exact) mass is 368 g/mol. The van der Waals surface area contributed by atoms with Crippen LogP contribution in [0.4, 0.5) is 5.95 Å². The quantitative estimate of drug-likeness (QED) is 0.678. The molecule has 1 aromatic carbocycles. The third kappa shape index (κ3) is 4.57. The molecular formula is C18H20N6O3. The Balaban J connectivity index is 1.91. The smallest absolute Gasteiger partial charge is 0.331 e. The van der Waals surface area contributed by atoms with Crippen LogP contribution in [0.5, 0.6) is 17.9 Å². The molecule has 3 aromatic rings. The van der Waals surface area contributed by atoms with Gasteiger partial charge in [0.2, 0.25) is 11.8 Å². The topological polar surface area (TPSA) is 104 Å². The van der Waals surface area contributed by atoms with E-state index in [0.717, 1.165) is 6.42 Å². The van der Waals surface area contributed by atoms with Gasteiger partial charge in [-0.2, -0.15) is 14.6 Å². The van der Waals surface area contributed by atoms with Crippen LogP contribution in [0.15, 0.2) is 47.3 Å². The minimum atomic E-state index is -0.277. The van der Waals surface area contributed by atoms with Gasteiger partial charge in [-0.25, -0.2) is 0 Å². The highest BCUT2D eigenvalue weighted by Crippen LogP contribution is 2.19. The Labute approximate surface area is 156 Å². The summed E-state index contributed by atoms with van der Waals surface area (Å²) in [5.41, 5.74) is 0.348. The van der Waals surface area contributed by atoms with Gasteiger partial charge in [0, 0.05) is 18.2 Å². The van der Waals surface area contributed by atoms with Crippen molar-refractivity contribution >= 4 is 5.95 Å². The lowest BCUT2D eigenvalue weighted by Crippen LogP contribution is -2.20. The minimum Gasteiger partial charge on any atom is -0.467 e. The summed E-state index contributed by atoms with van der Waals surface area (Å²) in [6.07, 6.45) is 0.897. The number of aromatic nitrogens is 5. The molecule has 3 rings (SSSR count). The van der Waals surface area contributed by atoms with Crippen LogP contribution in [0.25, 0.3) is 5.69 Å². The lowest BCUT2D eigenvalue weighted by Gasteiger charge is -2.12. The van der Waals surface area contributed by atoms with Gasteiger partial charge < -0.3 is 14.8 Å². The van der Waals surface area contributed by atoms with Gasteiger partial charge in [-0.1, -0.05) is 25.1 Å². The van der Waals surface area contributed by atoms with Crippen LogP contribution in [0, 0.1) is 0 Å². The van der Waals surface area contributed by atoms with Gasteiger partial charge in [-0.15, -0.1) is 10.1 Å². The Bertz CT molecular complexity index is 961. The van der Waals surface area contributed by atoms with Gasteiger partial charge in [-0.05, 0) is 25.5 Å². The Morgan fingerprint density at radius 2 is 1.81 bits per heavy atom. The molecule has 1 N–H and O–H groups in total. The highest BCUT2D eigenvalue weighted by Gasteiger charge is 2.12. The molecule has 0 saturated heterocycles. The van der Waals surface area contributed by atoms with Crippen LogP contribution < -0.4 is 20.3 Å². The molecule has 140 valence electrons. The lowest BCUT2D eigenvalue weighted by atomic mass is 10.3. The summed E-state index contributed by atoms with van der Waals surface area (Å²) in [6, 6.07) is 12.2. The number of hydrogen-bond acceptors (Lipinski definition) is 8. The van der Waals surface area contributed by atoms with E-state index in [1.165, 1.54) is 23.9 Å². The highest BCUT2D eigenvalue weighted by atomic mass is 16.5. The van der Waals surface area contributed by atoms with Crippen molar-refractivity contribution in [3.8, 4) is 23.6 Å². The number of para-hydroxylation sites is 1. The highest BCUT2D eigenvalue weighted by molar-refractivity contribution is 5.32. The zero-order valence-corrected chi connectivity index (χ0v) is 15.3. The van der Waals surface area contributed by atoms with Crippen LogP contribution >= 0.6 is 0 Å². The SMILES string of the molecule is CCC(C)Nc1nc(OC)nc(Oc2ccc(=O)n(-c3ccccc3)n2)n1. The second-order valence-electron chi connectivity index (χ2n) is 5.74. The molecule has 0 aliphatic carbocycles. The molecule has 1 unspecified atom stereocenters. The third-order valence-corrected chi connectivity index (χ3v) is 3.74. The van der Waals surface area contributed by atoms with Crippen LogP contribution in [-0.4, -0.2) is 37.9 Å². The first kappa shape index (κ1) is 18.3. The summed E-state index contributed by atoms with van der Waals surface area (Å²) in [7, 11) is 1.46. The second-order valence-corrected chi connectivity index (χ2v) is 5.74. The van der Waals surface area contributed by atoms with Gasteiger partial charge in [0.15, 0.2) is 0 Å². The first-order valence-electron chi connectivity index (χ1n) is 8.49. The van der Waals surface area contributed by atoms with Crippen molar-refractivity contribution in [2.45, 2.75) is 26.3 Å². The van der Waals surface area contributed by atoms with Crippen molar-refractivity contribution in [1.29, 1.82) is 0 Å². The molecule has 0 aliphatic rings. The molecule has 9 heteroatoms. The summed E-state index contributed by atoms with van der Waals surface area (Å²) in [5.74, 6) is 0.503. The molecule has 0 amide bonds. The summed E-state index contributed by atoms with van der Waals surface area (Å²) >= 11 is 0. The fourth-order valence-corrected chi connectivity index (χ4v) is 2.16. The van der Waals surface area contributed by atoms with Gasteiger partial charge in [0.1, 0.15) is 0 Å². The molecule has 0 radical (unpaired) electrons. The summed E-state index contributed by atoms with van der Waals surface area (Å²) < 4.78 is 12.0. The molecule has 0 saturated carbocycles. The number of anilines is 1. The summed E-state index contributed by atoms with van der Waals surface area (Å²) in [5, 5.41) is 7.36. The molecule has 9 nitrogen and oxygen atoms in total. The van der Waals surface area contributed by atoms with E-state index in [-0.39, 0.29) is 29.5 Å². The fourth-order valence-electron chi connectivity index (χ4n) is 2.16. The first-order chi connectivity index (χ1) is 13.1. The molecule has 0 spiro atoms. The maximum atomic E-state index is 12.1. The predicted octanol–water partition coefficient (Wildman–Crippen LogP) is 2.43. The molecule has 2 heterocycles. The molecule has 0 aliphatic heterocycles. The minimum absolute atomic E-state index is 0.0124. The van der Waals surface area contributed by atoms with Crippen LogP contribution in [0.3, 0.4) is 0 Å². The summed E-state index contributed by atoms with van der Waals surface area (Å²) in [4.78, 5) is 24.6. The van der Waals surface area contributed by atoms with E-state index in [9.17, 15) is 4.79 Å². The Hall–Kier alpha value is -3.49. The van der Waals surface area contributed by atoms with E-state index in [0.29, 0.717) is 11.6 Å². The van der Waals surface area contributed by atoms with E-state index in [2.05, 4.69) is 25.4 Å². The second kappa shape index (κ2) is 8.26. The van der Waals surface area contributed by atoms with E-state index < -0.39 is 0 Å². The zero-order valence-electron chi connectivity index (χ0n) is 15.3. The maximum Gasteiger partial charge on any atom is 0.331 e. The normalized spacial score (nSPS) is 11.7. The van der Waals surface area contributed by atoms with Gasteiger partial charge in [-0.3, -0.25) is 4.79 Å². The number of ether oxygens (including phenoxy) is 2. The largest absolute Gasteiger partial charge is 0.467 e. The Morgan fingerprint density at radius 3 is 2.52 bits per heavy atom. The molecule has 0 bridgehead atoms.